The van der Waals surface area contributed by atoms with Gasteiger partial charge in [0, 0.05) is 47.0 Å². The standard InChI is InChI=1S/C18H34N4O3.HI/c1-4-24-11-9-18(7-8-18)14-21-17(20-13-16(23)22(2)3)19-12-15-6-5-10-25-15;/h15H,4-14H2,1-3H3,(H2,19,20,21);1H. The maximum atomic E-state index is 11.8. The Bertz CT molecular complexity index is 450. The van der Waals surface area contributed by atoms with Gasteiger partial charge in [0.1, 0.15) is 6.54 Å². The number of carbonyl (C=O) groups is 1. The van der Waals surface area contributed by atoms with Crippen molar-refractivity contribution in [1.82, 2.24) is 15.5 Å². The Kier molecular flexibility index (Phi) is 10.8. The van der Waals surface area contributed by atoms with Crippen molar-refractivity contribution in [1.29, 1.82) is 0 Å². The van der Waals surface area contributed by atoms with E-state index in [1.165, 1.54) is 12.8 Å². The fourth-order valence-electron chi connectivity index (χ4n) is 2.87. The van der Waals surface area contributed by atoms with Crippen molar-refractivity contribution in [3.63, 3.8) is 0 Å². The van der Waals surface area contributed by atoms with E-state index in [4.69, 9.17) is 9.47 Å². The van der Waals surface area contributed by atoms with Gasteiger partial charge >= 0.3 is 0 Å². The van der Waals surface area contributed by atoms with Crippen molar-refractivity contribution in [2.24, 2.45) is 10.4 Å². The largest absolute Gasteiger partial charge is 0.382 e. The van der Waals surface area contributed by atoms with Crippen LogP contribution in [0.4, 0.5) is 0 Å². The van der Waals surface area contributed by atoms with Gasteiger partial charge in [-0.1, -0.05) is 0 Å². The molecule has 0 aromatic heterocycles. The van der Waals surface area contributed by atoms with Gasteiger partial charge in [0.15, 0.2) is 5.96 Å². The van der Waals surface area contributed by atoms with E-state index in [1.807, 2.05) is 6.92 Å². The Morgan fingerprint density at radius 2 is 2.12 bits per heavy atom. The Labute approximate surface area is 174 Å². The first-order valence-electron chi connectivity index (χ1n) is 9.46. The first-order valence-corrected chi connectivity index (χ1v) is 9.46. The Morgan fingerprint density at radius 1 is 1.35 bits per heavy atom. The SMILES string of the molecule is CCOCCC1(CNC(=NCC(=O)N(C)C)NCC2CCCO2)CC1.I. The Hall–Kier alpha value is -0.610. The number of ether oxygens (including phenoxy) is 2. The summed E-state index contributed by atoms with van der Waals surface area (Å²) < 4.78 is 11.1. The molecule has 1 heterocycles. The number of amides is 1. The number of carbonyl (C=O) groups excluding carboxylic acids is 1. The maximum absolute atomic E-state index is 11.8. The van der Waals surface area contributed by atoms with Crippen LogP contribution in [0.15, 0.2) is 4.99 Å². The van der Waals surface area contributed by atoms with E-state index in [-0.39, 0.29) is 42.5 Å². The first kappa shape index (κ1) is 23.4. The first-order chi connectivity index (χ1) is 12.0. The van der Waals surface area contributed by atoms with E-state index in [9.17, 15) is 4.79 Å². The molecule has 7 nitrogen and oxygen atoms in total. The zero-order valence-corrected chi connectivity index (χ0v) is 18.7. The van der Waals surface area contributed by atoms with Gasteiger partial charge in [-0.15, -0.1) is 24.0 Å². The molecule has 0 radical (unpaired) electrons. The fraction of sp³-hybridized carbons (Fsp3) is 0.889. The van der Waals surface area contributed by atoms with Crippen LogP contribution >= 0.6 is 24.0 Å². The number of rotatable bonds is 10. The van der Waals surface area contributed by atoms with E-state index < -0.39 is 0 Å². The van der Waals surface area contributed by atoms with Crippen molar-refractivity contribution >= 4 is 35.8 Å². The van der Waals surface area contributed by atoms with Crippen molar-refractivity contribution in [2.45, 2.75) is 45.1 Å². The predicted octanol–water partition coefficient (Wildman–Crippen LogP) is 1.61. The molecule has 2 aliphatic rings. The van der Waals surface area contributed by atoms with Crippen molar-refractivity contribution in [2.75, 3.05) is 53.6 Å². The molecule has 8 heteroatoms. The van der Waals surface area contributed by atoms with E-state index >= 15 is 0 Å². The molecule has 1 saturated heterocycles. The van der Waals surface area contributed by atoms with E-state index in [2.05, 4.69) is 15.6 Å². The molecule has 0 aromatic rings. The van der Waals surface area contributed by atoms with Crippen LogP contribution in [-0.2, 0) is 14.3 Å². The highest BCUT2D eigenvalue weighted by atomic mass is 127. The quantitative estimate of drug-likeness (QED) is 0.214. The molecular formula is C18H35IN4O3. The number of hydrogen-bond acceptors (Lipinski definition) is 4. The summed E-state index contributed by atoms with van der Waals surface area (Å²) in [4.78, 5) is 17.8. The summed E-state index contributed by atoms with van der Waals surface area (Å²) in [6, 6.07) is 0. The van der Waals surface area contributed by atoms with Crippen LogP contribution < -0.4 is 10.6 Å². The highest BCUT2D eigenvalue weighted by molar-refractivity contribution is 14.0. The predicted molar refractivity (Wildman–Crippen MR) is 114 cm³/mol. The minimum atomic E-state index is -0.00398. The molecule has 0 spiro atoms. The Morgan fingerprint density at radius 3 is 2.69 bits per heavy atom. The van der Waals surface area contributed by atoms with Crippen LogP contribution in [0.2, 0.25) is 0 Å². The lowest BCUT2D eigenvalue weighted by Gasteiger charge is -2.20. The third-order valence-electron chi connectivity index (χ3n) is 4.96. The molecule has 2 N–H and O–H groups in total. The monoisotopic (exact) mass is 482 g/mol. The summed E-state index contributed by atoms with van der Waals surface area (Å²) >= 11 is 0. The summed E-state index contributed by atoms with van der Waals surface area (Å²) in [6.07, 6.45) is 5.96. The van der Waals surface area contributed by atoms with Crippen LogP contribution in [0.5, 0.6) is 0 Å². The topological polar surface area (TPSA) is 75.2 Å². The van der Waals surface area contributed by atoms with Gasteiger partial charge in [-0.05, 0) is 44.4 Å². The molecule has 1 saturated carbocycles. The Balaban J connectivity index is 0.00000338. The summed E-state index contributed by atoms with van der Waals surface area (Å²) in [7, 11) is 3.50. The second-order valence-electron chi connectivity index (χ2n) is 7.27. The van der Waals surface area contributed by atoms with Gasteiger partial charge in [0.2, 0.25) is 5.91 Å². The molecule has 1 atom stereocenters. The maximum Gasteiger partial charge on any atom is 0.243 e. The second kappa shape index (κ2) is 12.0. The van der Waals surface area contributed by atoms with Crippen LogP contribution in [0.3, 0.4) is 0 Å². The molecule has 1 unspecified atom stereocenters. The third kappa shape index (κ3) is 8.39. The molecule has 2 rings (SSSR count). The van der Waals surface area contributed by atoms with Crippen molar-refractivity contribution in [3.8, 4) is 0 Å². The molecule has 1 amide bonds. The average molecular weight is 482 g/mol. The van der Waals surface area contributed by atoms with Gasteiger partial charge in [-0.3, -0.25) is 4.79 Å². The van der Waals surface area contributed by atoms with E-state index in [0.717, 1.165) is 52.2 Å². The zero-order valence-electron chi connectivity index (χ0n) is 16.4. The molecule has 0 aromatic carbocycles. The molecule has 2 fully saturated rings. The van der Waals surface area contributed by atoms with E-state index in [1.54, 1.807) is 19.0 Å². The molecular weight excluding hydrogens is 447 g/mol. The van der Waals surface area contributed by atoms with E-state index in [0.29, 0.717) is 11.4 Å². The normalized spacial score (nSPS) is 21.0. The molecule has 152 valence electrons. The number of guanidine groups is 1. The lowest BCUT2D eigenvalue weighted by atomic mass is 10.0. The zero-order chi connectivity index (χ0) is 18.1. The number of aliphatic imine (C=N–C) groups is 1. The van der Waals surface area contributed by atoms with Crippen LogP contribution in [0, 0.1) is 5.41 Å². The minimum Gasteiger partial charge on any atom is -0.382 e. The molecule has 1 aliphatic carbocycles. The van der Waals surface area contributed by atoms with Crippen molar-refractivity contribution in [3.05, 3.63) is 0 Å². The van der Waals surface area contributed by atoms with Crippen LogP contribution in [0.25, 0.3) is 0 Å². The lowest BCUT2D eigenvalue weighted by Crippen LogP contribution is -2.44. The van der Waals surface area contributed by atoms with Crippen molar-refractivity contribution < 1.29 is 14.3 Å². The van der Waals surface area contributed by atoms with Gasteiger partial charge < -0.3 is 25.0 Å². The second-order valence-corrected chi connectivity index (χ2v) is 7.27. The number of halogens is 1. The number of nitrogens with zero attached hydrogens (tertiary/aromatic N) is 2. The molecule has 1 aliphatic heterocycles. The minimum absolute atomic E-state index is 0. The summed E-state index contributed by atoms with van der Waals surface area (Å²) in [6.45, 7) is 6.20. The van der Waals surface area contributed by atoms with Gasteiger partial charge in [-0.2, -0.15) is 0 Å². The third-order valence-corrected chi connectivity index (χ3v) is 4.96. The number of nitrogens with one attached hydrogen (secondary N) is 2. The highest BCUT2D eigenvalue weighted by Crippen LogP contribution is 2.48. The van der Waals surface area contributed by atoms with Gasteiger partial charge in [-0.25, -0.2) is 4.99 Å². The summed E-state index contributed by atoms with van der Waals surface area (Å²) in [5, 5.41) is 6.76. The van der Waals surface area contributed by atoms with Gasteiger partial charge in [0.25, 0.3) is 0 Å². The smallest absolute Gasteiger partial charge is 0.243 e. The van der Waals surface area contributed by atoms with Gasteiger partial charge in [0.05, 0.1) is 6.10 Å². The number of likely N-dealkylation sites (N-methyl/N-ethyl adjacent to an activating group) is 1. The fourth-order valence-corrected chi connectivity index (χ4v) is 2.87. The average Bonchev–Trinajstić information content (AvgIpc) is 3.16. The van der Waals surface area contributed by atoms with Crippen LogP contribution in [0.1, 0.15) is 39.0 Å². The summed E-state index contributed by atoms with van der Waals surface area (Å²) in [5.41, 5.74) is 0.326. The van der Waals surface area contributed by atoms with Crippen LogP contribution in [-0.4, -0.2) is 76.4 Å². The summed E-state index contributed by atoms with van der Waals surface area (Å²) in [5.74, 6) is 0.698. The highest BCUT2D eigenvalue weighted by Gasteiger charge is 2.42. The molecule has 0 bridgehead atoms. The number of hydrogen-bond donors (Lipinski definition) is 2. The lowest BCUT2D eigenvalue weighted by molar-refractivity contribution is -0.127. The molecule has 26 heavy (non-hydrogen) atoms.